The first-order valence-corrected chi connectivity index (χ1v) is 11.6. The summed E-state index contributed by atoms with van der Waals surface area (Å²) in [7, 11) is 0. The van der Waals surface area contributed by atoms with Crippen molar-refractivity contribution in [3.05, 3.63) is 77.3 Å². The first-order chi connectivity index (χ1) is 15.6. The molecule has 0 saturated heterocycles. The highest BCUT2D eigenvalue weighted by molar-refractivity contribution is 7.99. The quantitative estimate of drug-likeness (QED) is 0.226. The second-order valence-corrected chi connectivity index (χ2v) is 8.48. The van der Waals surface area contributed by atoms with Gasteiger partial charge in [-0.05, 0) is 48.9 Å². The molecule has 0 fully saturated rings. The van der Waals surface area contributed by atoms with Crippen molar-refractivity contribution >= 4 is 45.8 Å². The molecule has 0 aliphatic rings. The third-order valence-corrected chi connectivity index (χ3v) is 6.21. The molecule has 6 nitrogen and oxygen atoms in total. The molecular formula is C24H22ClN5OS. The van der Waals surface area contributed by atoms with E-state index in [4.69, 9.17) is 11.6 Å². The zero-order valence-electron chi connectivity index (χ0n) is 17.7. The van der Waals surface area contributed by atoms with E-state index >= 15 is 0 Å². The minimum Gasteiger partial charge on any atom is -0.302 e. The number of hydrogen-bond acceptors (Lipinski definition) is 5. The molecule has 4 aromatic rings. The van der Waals surface area contributed by atoms with E-state index in [2.05, 4.69) is 38.9 Å². The van der Waals surface area contributed by atoms with Crippen molar-refractivity contribution in [3.8, 4) is 11.4 Å². The fourth-order valence-corrected chi connectivity index (χ4v) is 4.32. The Hall–Kier alpha value is -3.16. The average molecular weight is 464 g/mol. The number of carbonyl (C=O) groups excluding carboxylic acids is 1. The summed E-state index contributed by atoms with van der Waals surface area (Å²) < 4.78 is 1.98. The summed E-state index contributed by atoms with van der Waals surface area (Å²) >= 11 is 7.31. The molecule has 8 heteroatoms. The molecule has 0 unspecified atom stereocenters. The Kier molecular flexibility index (Phi) is 6.87. The van der Waals surface area contributed by atoms with Crippen molar-refractivity contribution in [3.63, 3.8) is 0 Å². The Labute approximate surface area is 195 Å². The normalized spacial score (nSPS) is 11.7. The van der Waals surface area contributed by atoms with E-state index in [1.165, 1.54) is 11.8 Å². The largest absolute Gasteiger partial charge is 0.302 e. The smallest absolute Gasteiger partial charge is 0.250 e. The van der Waals surface area contributed by atoms with E-state index in [1.54, 1.807) is 0 Å². The second-order valence-electron chi connectivity index (χ2n) is 7.10. The lowest BCUT2D eigenvalue weighted by Gasteiger charge is -2.08. The van der Waals surface area contributed by atoms with Crippen LogP contribution in [0.5, 0.6) is 0 Å². The molecule has 0 aliphatic carbocycles. The van der Waals surface area contributed by atoms with Crippen LogP contribution in [0.3, 0.4) is 0 Å². The fourth-order valence-electron chi connectivity index (χ4n) is 3.40. The Morgan fingerprint density at radius 3 is 2.59 bits per heavy atom. The number of thioether (sulfide) groups is 1. The number of hydrogen-bond donors (Lipinski definition) is 1. The van der Waals surface area contributed by atoms with Crippen molar-refractivity contribution in [2.75, 3.05) is 5.75 Å². The third-order valence-electron chi connectivity index (χ3n) is 5.00. The standard InChI is InChI=1S/C24H22ClN5OS/c1-3-30-23(18-11-13-19(25)14-12-18)28-29-24(30)32-15-22(31)27-26-16(2)20-10-6-8-17-7-4-5-9-21(17)20/h4-14H,3,15H2,1-2H3,(H,27,31). The summed E-state index contributed by atoms with van der Waals surface area (Å²) in [5.41, 5.74) is 5.33. The minimum atomic E-state index is -0.201. The van der Waals surface area contributed by atoms with Gasteiger partial charge < -0.3 is 4.57 Å². The molecule has 1 N–H and O–H groups in total. The van der Waals surface area contributed by atoms with Crippen molar-refractivity contribution in [2.45, 2.75) is 25.5 Å². The topological polar surface area (TPSA) is 72.2 Å². The lowest BCUT2D eigenvalue weighted by atomic mass is 10.0. The lowest BCUT2D eigenvalue weighted by Crippen LogP contribution is -2.21. The maximum Gasteiger partial charge on any atom is 0.250 e. The number of benzene rings is 3. The van der Waals surface area contributed by atoms with Crippen LogP contribution in [0, 0.1) is 0 Å². The SMILES string of the molecule is CCn1c(SCC(=O)NN=C(C)c2cccc3ccccc23)nnc1-c1ccc(Cl)cc1. The van der Waals surface area contributed by atoms with E-state index in [0.29, 0.717) is 16.7 Å². The molecule has 1 heterocycles. The van der Waals surface area contributed by atoms with Crippen LogP contribution in [-0.4, -0.2) is 32.1 Å². The summed E-state index contributed by atoms with van der Waals surface area (Å²) in [6.45, 7) is 4.60. The number of amides is 1. The van der Waals surface area contributed by atoms with Crippen LogP contribution in [0.4, 0.5) is 0 Å². The number of carbonyl (C=O) groups is 1. The first kappa shape index (κ1) is 22.0. The maximum absolute atomic E-state index is 12.4. The molecule has 1 amide bonds. The van der Waals surface area contributed by atoms with E-state index in [1.807, 2.05) is 66.9 Å². The monoisotopic (exact) mass is 463 g/mol. The number of rotatable bonds is 7. The highest BCUT2D eigenvalue weighted by atomic mass is 35.5. The molecule has 0 spiro atoms. The van der Waals surface area contributed by atoms with Crippen LogP contribution in [-0.2, 0) is 11.3 Å². The van der Waals surface area contributed by atoms with Gasteiger partial charge in [0.2, 0.25) is 0 Å². The van der Waals surface area contributed by atoms with Gasteiger partial charge >= 0.3 is 0 Å². The highest BCUT2D eigenvalue weighted by Crippen LogP contribution is 2.25. The highest BCUT2D eigenvalue weighted by Gasteiger charge is 2.14. The van der Waals surface area contributed by atoms with Gasteiger partial charge in [0, 0.05) is 22.7 Å². The molecule has 0 radical (unpaired) electrons. The number of nitrogens with one attached hydrogen (secondary N) is 1. The van der Waals surface area contributed by atoms with Gasteiger partial charge in [-0.25, -0.2) is 5.43 Å². The maximum atomic E-state index is 12.4. The van der Waals surface area contributed by atoms with Crippen LogP contribution in [0.15, 0.2) is 77.0 Å². The van der Waals surface area contributed by atoms with E-state index in [0.717, 1.165) is 33.4 Å². The van der Waals surface area contributed by atoms with Gasteiger partial charge in [-0.2, -0.15) is 5.10 Å². The Morgan fingerprint density at radius 1 is 1.06 bits per heavy atom. The average Bonchev–Trinajstić information content (AvgIpc) is 3.24. The lowest BCUT2D eigenvalue weighted by molar-refractivity contribution is -0.118. The summed E-state index contributed by atoms with van der Waals surface area (Å²) in [4.78, 5) is 12.4. The number of aromatic nitrogens is 3. The van der Waals surface area contributed by atoms with Crippen LogP contribution in [0.1, 0.15) is 19.4 Å². The van der Waals surface area contributed by atoms with Crippen molar-refractivity contribution < 1.29 is 4.79 Å². The van der Waals surface area contributed by atoms with Crippen LogP contribution < -0.4 is 5.43 Å². The molecule has 4 rings (SSSR count). The molecule has 32 heavy (non-hydrogen) atoms. The minimum absolute atomic E-state index is 0.186. The molecular weight excluding hydrogens is 442 g/mol. The zero-order chi connectivity index (χ0) is 22.5. The Bertz CT molecular complexity index is 1280. The van der Waals surface area contributed by atoms with Crippen molar-refractivity contribution in [2.24, 2.45) is 5.10 Å². The number of fused-ring (bicyclic) bond motifs is 1. The van der Waals surface area contributed by atoms with Gasteiger partial charge in [0.15, 0.2) is 11.0 Å². The second kappa shape index (κ2) is 9.97. The van der Waals surface area contributed by atoms with Crippen LogP contribution in [0.25, 0.3) is 22.2 Å². The molecule has 3 aromatic carbocycles. The Balaban J connectivity index is 1.42. The predicted molar refractivity (Wildman–Crippen MR) is 131 cm³/mol. The van der Waals surface area contributed by atoms with E-state index in [9.17, 15) is 4.79 Å². The van der Waals surface area contributed by atoms with E-state index < -0.39 is 0 Å². The summed E-state index contributed by atoms with van der Waals surface area (Å²) in [6.07, 6.45) is 0. The fraction of sp³-hybridized carbons (Fsp3) is 0.167. The number of hydrazone groups is 1. The molecule has 0 aliphatic heterocycles. The summed E-state index contributed by atoms with van der Waals surface area (Å²) in [6, 6.07) is 21.6. The molecule has 0 saturated carbocycles. The van der Waals surface area contributed by atoms with E-state index in [-0.39, 0.29) is 11.7 Å². The predicted octanol–water partition coefficient (Wildman–Crippen LogP) is 5.40. The number of halogens is 1. The molecule has 162 valence electrons. The van der Waals surface area contributed by atoms with Gasteiger partial charge in [-0.15, -0.1) is 10.2 Å². The van der Waals surface area contributed by atoms with Gasteiger partial charge in [0.1, 0.15) is 0 Å². The third kappa shape index (κ3) is 4.84. The van der Waals surface area contributed by atoms with Crippen LogP contribution in [0.2, 0.25) is 5.02 Å². The molecule has 1 aromatic heterocycles. The Morgan fingerprint density at radius 2 is 1.81 bits per heavy atom. The summed E-state index contributed by atoms with van der Waals surface area (Å²) in [5.74, 6) is 0.732. The van der Waals surface area contributed by atoms with Gasteiger partial charge in [-0.1, -0.05) is 65.8 Å². The van der Waals surface area contributed by atoms with Crippen molar-refractivity contribution in [1.82, 2.24) is 20.2 Å². The van der Waals surface area contributed by atoms with Crippen LogP contribution >= 0.6 is 23.4 Å². The summed E-state index contributed by atoms with van der Waals surface area (Å²) in [5, 5.41) is 16.5. The van der Waals surface area contributed by atoms with Crippen molar-refractivity contribution in [1.29, 1.82) is 0 Å². The van der Waals surface area contributed by atoms with Gasteiger partial charge in [0.05, 0.1) is 11.5 Å². The number of nitrogens with zero attached hydrogens (tertiary/aromatic N) is 4. The zero-order valence-corrected chi connectivity index (χ0v) is 19.3. The first-order valence-electron chi connectivity index (χ1n) is 10.2. The molecule has 0 bridgehead atoms. The molecule has 0 atom stereocenters. The van der Waals surface area contributed by atoms with Gasteiger partial charge in [0.25, 0.3) is 5.91 Å². The van der Waals surface area contributed by atoms with Gasteiger partial charge in [-0.3, -0.25) is 4.79 Å².